The molecule has 7 heteroatoms. The van der Waals surface area contributed by atoms with Gasteiger partial charge in [0, 0.05) is 23.0 Å². The molecule has 0 spiro atoms. The van der Waals surface area contributed by atoms with Gasteiger partial charge in [-0.15, -0.1) is 0 Å². The maximum absolute atomic E-state index is 12.6. The number of aryl methyl sites for hydroxylation is 1. The first-order valence-electron chi connectivity index (χ1n) is 9.80. The zero-order chi connectivity index (χ0) is 21.2. The van der Waals surface area contributed by atoms with E-state index in [1.807, 2.05) is 55.7 Å². The highest BCUT2D eigenvalue weighted by Gasteiger charge is 2.31. The van der Waals surface area contributed by atoms with Gasteiger partial charge in [0.15, 0.2) is 16.4 Å². The van der Waals surface area contributed by atoms with Gasteiger partial charge in [0.25, 0.3) is 0 Å². The van der Waals surface area contributed by atoms with Crippen LogP contribution in [-0.4, -0.2) is 42.9 Å². The lowest BCUT2D eigenvalue weighted by atomic mass is 9.98. The maximum Gasteiger partial charge on any atom is 0.306 e. The third-order valence-electron chi connectivity index (χ3n) is 5.56. The number of esters is 1. The highest BCUT2D eigenvalue weighted by Crippen LogP contribution is 2.29. The van der Waals surface area contributed by atoms with Crippen molar-refractivity contribution in [2.75, 3.05) is 18.1 Å². The predicted octanol–water partition coefficient (Wildman–Crippen LogP) is 3.38. The molecule has 0 saturated carbocycles. The molecule has 3 rings (SSSR count). The van der Waals surface area contributed by atoms with Crippen molar-refractivity contribution in [1.29, 1.82) is 0 Å². The summed E-state index contributed by atoms with van der Waals surface area (Å²) in [5.41, 5.74) is 3.10. The van der Waals surface area contributed by atoms with E-state index >= 15 is 0 Å². The smallest absolute Gasteiger partial charge is 0.306 e. The van der Waals surface area contributed by atoms with Gasteiger partial charge in [-0.2, -0.15) is 0 Å². The number of nitrogens with zero attached hydrogens (tertiary/aromatic N) is 1. The van der Waals surface area contributed by atoms with Gasteiger partial charge in [-0.1, -0.05) is 37.3 Å². The molecule has 2 atom stereocenters. The first-order valence-corrected chi connectivity index (χ1v) is 11.6. The van der Waals surface area contributed by atoms with Crippen LogP contribution in [0.3, 0.4) is 0 Å². The number of carbonyl (C=O) groups is 2. The molecule has 2 aromatic rings. The SMILES string of the molecule is Cc1cc(C(=O)COC(=O)C[C@H](C)c2ccccc2)c(C)n1[C@H]1CCS(=O)(=O)C1. The summed E-state index contributed by atoms with van der Waals surface area (Å²) in [5.74, 6) is -0.400. The van der Waals surface area contributed by atoms with Crippen LogP contribution in [0.15, 0.2) is 36.4 Å². The number of aromatic nitrogens is 1. The quantitative estimate of drug-likeness (QED) is 0.509. The number of hydrogen-bond donors (Lipinski definition) is 0. The second kappa shape index (κ2) is 8.53. The number of carbonyl (C=O) groups excluding carboxylic acids is 2. The van der Waals surface area contributed by atoms with E-state index in [9.17, 15) is 18.0 Å². The Morgan fingerprint density at radius 3 is 2.52 bits per heavy atom. The molecule has 0 bridgehead atoms. The van der Waals surface area contributed by atoms with Gasteiger partial charge >= 0.3 is 5.97 Å². The summed E-state index contributed by atoms with van der Waals surface area (Å²) in [6, 6.07) is 11.3. The largest absolute Gasteiger partial charge is 0.457 e. The minimum Gasteiger partial charge on any atom is -0.457 e. The zero-order valence-corrected chi connectivity index (χ0v) is 17.9. The molecule has 2 heterocycles. The van der Waals surface area contributed by atoms with Crippen LogP contribution in [-0.2, 0) is 19.4 Å². The van der Waals surface area contributed by atoms with Crippen LogP contribution in [0.2, 0.25) is 0 Å². The summed E-state index contributed by atoms with van der Waals surface area (Å²) in [7, 11) is -3.02. The Balaban J connectivity index is 1.61. The Bertz CT molecular complexity index is 1010. The lowest BCUT2D eigenvalue weighted by Crippen LogP contribution is -2.17. The molecule has 0 aliphatic carbocycles. The fraction of sp³-hybridized carbons (Fsp3) is 0.455. The molecule has 0 amide bonds. The van der Waals surface area contributed by atoms with E-state index in [0.29, 0.717) is 12.0 Å². The minimum absolute atomic E-state index is 0.00758. The van der Waals surface area contributed by atoms with Crippen molar-refractivity contribution in [3.05, 3.63) is 58.9 Å². The van der Waals surface area contributed by atoms with Gasteiger partial charge in [0.1, 0.15) is 0 Å². The molecule has 0 N–H and O–H groups in total. The molecule has 1 saturated heterocycles. The summed E-state index contributed by atoms with van der Waals surface area (Å²) < 4.78 is 30.8. The average molecular weight is 418 g/mol. The number of rotatable bonds is 7. The molecule has 1 fully saturated rings. The van der Waals surface area contributed by atoms with Gasteiger partial charge < -0.3 is 9.30 Å². The van der Waals surface area contributed by atoms with Gasteiger partial charge in [-0.25, -0.2) is 8.42 Å². The number of Topliss-reactive ketones (excluding diaryl/α,β-unsaturated/α-hetero) is 1. The second-order valence-corrected chi connectivity index (χ2v) is 10.0. The van der Waals surface area contributed by atoms with Crippen LogP contribution in [0, 0.1) is 13.8 Å². The van der Waals surface area contributed by atoms with Crippen LogP contribution in [0.25, 0.3) is 0 Å². The molecule has 156 valence electrons. The van der Waals surface area contributed by atoms with E-state index in [2.05, 4.69) is 0 Å². The molecule has 0 radical (unpaired) electrons. The molecular weight excluding hydrogens is 390 g/mol. The van der Waals surface area contributed by atoms with Crippen LogP contribution in [0.4, 0.5) is 0 Å². The minimum atomic E-state index is -3.02. The Morgan fingerprint density at radius 1 is 1.21 bits per heavy atom. The molecule has 1 aliphatic rings. The molecular formula is C22H27NO5S. The third-order valence-corrected chi connectivity index (χ3v) is 7.31. The van der Waals surface area contributed by atoms with Crippen molar-refractivity contribution >= 4 is 21.6 Å². The highest BCUT2D eigenvalue weighted by molar-refractivity contribution is 7.91. The number of benzene rings is 1. The Morgan fingerprint density at radius 2 is 1.90 bits per heavy atom. The Labute approximate surface area is 171 Å². The third kappa shape index (κ3) is 4.96. The molecule has 0 unspecified atom stereocenters. The fourth-order valence-electron chi connectivity index (χ4n) is 4.03. The van der Waals surface area contributed by atoms with E-state index in [0.717, 1.165) is 17.0 Å². The molecule has 6 nitrogen and oxygen atoms in total. The summed E-state index contributed by atoms with van der Waals surface area (Å²) in [6.07, 6.45) is 0.759. The average Bonchev–Trinajstić information content (AvgIpc) is 3.18. The van der Waals surface area contributed by atoms with Gasteiger partial charge in [-0.3, -0.25) is 9.59 Å². The number of ether oxygens (including phenoxy) is 1. The van der Waals surface area contributed by atoms with Crippen LogP contribution < -0.4 is 0 Å². The van der Waals surface area contributed by atoms with Crippen molar-refractivity contribution in [2.45, 2.75) is 45.6 Å². The summed E-state index contributed by atoms with van der Waals surface area (Å²) >= 11 is 0. The number of ketones is 1. The van der Waals surface area contributed by atoms with E-state index < -0.39 is 15.8 Å². The van der Waals surface area contributed by atoms with Gasteiger partial charge in [0.2, 0.25) is 5.78 Å². The Kier molecular flexibility index (Phi) is 6.27. The summed E-state index contributed by atoms with van der Waals surface area (Å²) in [6.45, 7) is 5.31. The number of hydrogen-bond acceptors (Lipinski definition) is 5. The van der Waals surface area contributed by atoms with Gasteiger partial charge in [-0.05, 0) is 37.8 Å². The normalized spacial score (nSPS) is 19.1. The van der Waals surface area contributed by atoms with Crippen molar-refractivity contribution in [3.63, 3.8) is 0 Å². The van der Waals surface area contributed by atoms with Crippen molar-refractivity contribution in [3.8, 4) is 0 Å². The maximum atomic E-state index is 12.6. The fourth-order valence-corrected chi connectivity index (χ4v) is 5.73. The van der Waals surface area contributed by atoms with E-state index in [1.165, 1.54) is 0 Å². The van der Waals surface area contributed by atoms with E-state index in [-0.39, 0.29) is 42.3 Å². The van der Waals surface area contributed by atoms with E-state index in [1.54, 1.807) is 6.07 Å². The van der Waals surface area contributed by atoms with Crippen LogP contribution in [0.1, 0.15) is 59.0 Å². The lowest BCUT2D eigenvalue weighted by Gasteiger charge is -2.16. The van der Waals surface area contributed by atoms with Crippen molar-refractivity contribution in [2.24, 2.45) is 0 Å². The van der Waals surface area contributed by atoms with Crippen LogP contribution in [0.5, 0.6) is 0 Å². The van der Waals surface area contributed by atoms with Crippen LogP contribution >= 0.6 is 0 Å². The highest BCUT2D eigenvalue weighted by atomic mass is 32.2. The summed E-state index contributed by atoms with van der Waals surface area (Å²) in [4.78, 5) is 24.8. The van der Waals surface area contributed by atoms with Crippen molar-refractivity contribution in [1.82, 2.24) is 4.57 Å². The lowest BCUT2D eigenvalue weighted by molar-refractivity contribution is -0.142. The Hall–Kier alpha value is -2.41. The first kappa shape index (κ1) is 21.3. The monoisotopic (exact) mass is 417 g/mol. The molecule has 29 heavy (non-hydrogen) atoms. The topological polar surface area (TPSA) is 82.4 Å². The van der Waals surface area contributed by atoms with Crippen molar-refractivity contribution < 1.29 is 22.7 Å². The zero-order valence-electron chi connectivity index (χ0n) is 17.1. The molecule has 1 aromatic heterocycles. The second-order valence-electron chi connectivity index (χ2n) is 7.81. The molecule has 1 aliphatic heterocycles. The van der Waals surface area contributed by atoms with Gasteiger partial charge in [0.05, 0.1) is 17.9 Å². The number of sulfone groups is 1. The summed E-state index contributed by atoms with van der Waals surface area (Å²) in [5, 5.41) is 0. The molecule has 1 aromatic carbocycles. The first-order chi connectivity index (χ1) is 13.7. The van der Waals surface area contributed by atoms with E-state index in [4.69, 9.17) is 4.74 Å². The predicted molar refractivity (Wildman–Crippen MR) is 111 cm³/mol. The standard InChI is InChI=1S/C22H27NO5S/c1-15(18-7-5-4-6-8-18)11-22(25)28-13-21(24)20-12-16(2)23(17(20)3)19-9-10-29(26,27)14-19/h4-8,12,15,19H,9-11,13-14H2,1-3H3/t15-,19-/m0/s1.